The minimum absolute atomic E-state index is 0.0717. The number of ether oxygens (including phenoxy) is 3. The number of aliphatic hydroxyl groups excluding tert-OH is 1. The second kappa shape index (κ2) is 11.3. The number of aromatic nitrogens is 2. The van der Waals surface area contributed by atoms with Crippen molar-refractivity contribution in [1.29, 1.82) is 0 Å². The van der Waals surface area contributed by atoms with E-state index in [1.807, 2.05) is 4.98 Å². The number of aromatic amines is 1. The van der Waals surface area contributed by atoms with Gasteiger partial charge in [-0.05, 0) is 6.92 Å². The van der Waals surface area contributed by atoms with Gasteiger partial charge in [-0.1, -0.05) is 0 Å². The number of methoxy groups -OCH3 is 1. The number of aliphatic hydroxyl groups is 1. The SMILES string of the molecule is COCCO[C@@H]1[C@H](O)[C@@H](COP(=O)(O)OP(=O)(O)OP(=O)(O)O)O[C@H]1n1cc(C)c(=O)[nH]c1=O. The molecule has 1 fully saturated rings. The van der Waals surface area contributed by atoms with Crippen molar-refractivity contribution < 1.29 is 65.7 Å². The molecular formula is C13H23N2O16P3. The molecule has 0 aromatic carbocycles. The first-order valence-electron chi connectivity index (χ1n) is 9.10. The predicted molar refractivity (Wildman–Crippen MR) is 107 cm³/mol. The molecule has 1 aliphatic rings. The van der Waals surface area contributed by atoms with Crippen LogP contribution in [0.1, 0.15) is 11.8 Å². The van der Waals surface area contributed by atoms with Gasteiger partial charge in [0.2, 0.25) is 0 Å². The zero-order valence-corrected chi connectivity index (χ0v) is 20.2. The van der Waals surface area contributed by atoms with Gasteiger partial charge in [-0.2, -0.15) is 8.62 Å². The summed E-state index contributed by atoms with van der Waals surface area (Å²) in [7, 11) is -15.4. The van der Waals surface area contributed by atoms with Gasteiger partial charge in [0, 0.05) is 18.9 Å². The van der Waals surface area contributed by atoms with Crippen molar-refractivity contribution in [2.45, 2.75) is 31.5 Å². The van der Waals surface area contributed by atoms with E-state index in [2.05, 4.69) is 13.1 Å². The van der Waals surface area contributed by atoms with E-state index in [0.717, 1.165) is 10.8 Å². The molecule has 2 unspecified atom stereocenters. The van der Waals surface area contributed by atoms with E-state index in [1.165, 1.54) is 14.0 Å². The van der Waals surface area contributed by atoms with Gasteiger partial charge in [-0.3, -0.25) is 18.9 Å². The van der Waals surface area contributed by atoms with E-state index in [9.17, 15) is 38.2 Å². The molecule has 196 valence electrons. The molecule has 2 rings (SSSR count). The molecule has 1 aromatic rings. The molecule has 0 saturated carbocycles. The molecule has 18 nitrogen and oxygen atoms in total. The van der Waals surface area contributed by atoms with Crippen LogP contribution in [0.5, 0.6) is 0 Å². The van der Waals surface area contributed by atoms with E-state index >= 15 is 0 Å². The summed E-state index contributed by atoms with van der Waals surface area (Å²) in [6.45, 7) is 0.426. The zero-order valence-electron chi connectivity index (χ0n) is 17.5. The molecule has 6 N–H and O–H groups in total. The summed E-state index contributed by atoms with van der Waals surface area (Å²) in [5, 5.41) is 10.6. The number of phosphoric acid groups is 3. The molecule has 34 heavy (non-hydrogen) atoms. The highest BCUT2D eigenvalue weighted by atomic mass is 31.3. The quantitative estimate of drug-likeness (QED) is 0.126. The number of hydrogen-bond acceptors (Lipinski definition) is 12. The van der Waals surface area contributed by atoms with Gasteiger partial charge in [-0.25, -0.2) is 18.5 Å². The van der Waals surface area contributed by atoms with Crippen LogP contribution < -0.4 is 11.2 Å². The number of nitrogens with one attached hydrogen (secondary N) is 1. The summed E-state index contributed by atoms with van der Waals surface area (Å²) in [5.74, 6) is 0. The molecule has 1 aromatic heterocycles. The normalized spacial score (nSPS) is 26.8. The summed E-state index contributed by atoms with van der Waals surface area (Å²) in [6, 6.07) is 0. The third-order valence-electron chi connectivity index (χ3n) is 4.15. The Morgan fingerprint density at radius 3 is 2.32 bits per heavy atom. The number of nitrogens with zero attached hydrogens (tertiary/aromatic N) is 1. The van der Waals surface area contributed by atoms with Gasteiger partial charge in [-0.15, -0.1) is 0 Å². The van der Waals surface area contributed by atoms with Gasteiger partial charge in [0.1, 0.15) is 18.3 Å². The van der Waals surface area contributed by atoms with Crippen LogP contribution in [0.2, 0.25) is 0 Å². The van der Waals surface area contributed by atoms with Gasteiger partial charge >= 0.3 is 29.2 Å². The van der Waals surface area contributed by atoms with E-state index in [0.29, 0.717) is 0 Å². The van der Waals surface area contributed by atoms with Crippen molar-refractivity contribution in [1.82, 2.24) is 9.55 Å². The van der Waals surface area contributed by atoms with Crippen molar-refractivity contribution in [3.63, 3.8) is 0 Å². The molecule has 0 radical (unpaired) electrons. The minimum Gasteiger partial charge on any atom is -0.387 e. The Bertz CT molecular complexity index is 1110. The van der Waals surface area contributed by atoms with E-state index in [1.54, 1.807) is 0 Å². The molecule has 21 heteroatoms. The molecule has 0 spiro atoms. The van der Waals surface area contributed by atoms with Crippen molar-refractivity contribution in [3.05, 3.63) is 32.6 Å². The second-order valence-corrected chi connectivity index (χ2v) is 11.2. The summed E-state index contributed by atoms with van der Waals surface area (Å²) >= 11 is 0. The first kappa shape index (κ1) is 29.2. The Morgan fingerprint density at radius 2 is 1.74 bits per heavy atom. The van der Waals surface area contributed by atoms with Crippen LogP contribution in [-0.4, -0.2) is 79.5 Å². The number of H-pyrrole nitrogens is 1. The average Bonchev–Trinajstić information content (AvgIpc) is 2.96. The Kier molecular flexibility index (Phi) is 9.72. The third-order valence-corrected chi connectivity index (χ3v) is 7.95. The van der Waals surface area contributed by atoms with E-state index < -0.39 is 65.9 Å². The molecule has 0 aliphatic carbocycles. The maximum absolute atomic E-state index is 12.2. The van der Waals surface area contributed by atoms with Crippen molar-refractivity contribution in [2.24, 2.45) is 0 Å². The Balaban J connectivity index is 2.20. The predicted octanol–water partition coefficient (Wildman–Crippen LogP) is -1.52. The second-order valence-electron chi connectivity index (χ2n) is 6.75. The van der Waals surface area contributed by atoms with Crippen molar-refractivity contribution in [2.75, 3.05) is 26.9 Å². The lowest BCUT2D eigenvalue weighted by molar-refractivity contribution is -0.0818. The van der Waals surface area contributed by atoms with Gasteiger partial charge < -0.3 is 38.9 Å². The summed E-state index contributed by atoms with van der Waals surface area (Å²) in [6.07, 6.45) is -4.58. The van der Waals surface area contributed by atoms with Crippen LogP contribution in [0.15, 0.2) is 15.8 Å². The molecule has 0 bridgehead atoms. The van der Waals surface area contributed by atoms with Crippen LogP contribution in [0.4, 0.5) is 0 Å². The molecular weight excluding hydrogens is 533 g/mol. The number of phosphoric ester groups is 1. The highest BCUT2D eigenvalue weighted by Crippen LogP contribution is 2.66. The van der Waals surface area contributed by atoms with Crippen LogP contribution in [-0.2, 0) is 41.1 Å². The van der Waals surface area contributed by atoms with Crippen LogP contribution >= 0.6 is 23.5 Å². The smallest absolute Gasteiger partial charge is 0.387 e. The topological polar surface area (TPSA) is 263 Å². The lowest BCUT2D eigenvalue weighted by atomic mass is 10.1. The highest BCUT2D eigenvalue weighted by molar-refractivity contribution is 7.66. The van der Waals surface area contributed by atoms with Gasteiger partial charge in [0.15, 0.2) is 6.23 Å². The first-order chi connectivity index (χ1) is 15.6. The van der Waals surface area contributed by atoms with Crippen molar-refractivity contribution in [3.8, 4) is 0 Å². The van der Waals surface area contributed by atoms with E-state index in [4.69, 9.17) is 24.0 Å². The van der Waals surface area contributed by atoms with Gasteiger partial charge in [0.25, 0.3) is 5.56 Å². The highest BCUT2D eigenvalue weighted by Gasteiger charge is 2.48. The summed E-state index contributed by atoms with van der Waals surface area (Å²) in [4.78, 5) is 61.8. The summed E-state index contributed by atoms with van der Waals surface area (Å²) < 4.78 is 62.4. The maximum Gasteiger partial charge on any atom is 0.490 e. The lowest BCUT2D eigenvalue weighted by Crippen LogP contribution is -2.40. The zero-order chi connectivity index (χ0) is 25.9. The fraction of sp³-hybridized carbons (Fsp3) is 0.692. The van der Waals surface area contributed by atoms with Crippen LogP contribution in [0, 0.1) is 6.92 Å². The largest absolute Gasteiger partial charge is 0.490 e. The lowest BCUT2D eigenvalue weighted by Gasteiger charge is -2.22. The first-order valence-corrected chi connectivity index (χ1v) is 13.6. The fourth-order valence-electron chi connectivity index (χ4n) is 2.77. The molecule has 0 amide bonds. The third kappa shape index (κ3) is 8.26. The van der Waals surface area contributed by atoms with Gasteiger partial charge in [0.05, 0.1) is 19.8 Å². The Morgan fingerprint density at radius 1 is 1.09 bits per heavy atom. The Hall–Kier alpha value is -1.07. The standard InChI is InChI=1S/C13H23N2O16P3/c1-7-5-15(13(18)14-11(7)17)12-10(27-4-3-26-2)9(16)8(29-12)6-28-33(22,23)31-34(24,25)30-32(19,20)21/h5,8-10,12,16H,3-4,6H2,1-2H3,(H,22,23)(H,24,25)(H,14,17,18)(H2,19,20,21)/t8-,9-,10-,12-/m1/s1. The number of aryl methyl sites for hydroxylation is 1. The Labute approximate surface area is 190 Å². The number of hydrogen-bond donors (Lipinski definition) is 6. The summed E-state index contributed by atoms with van der Waals surface area (Å²) in [5.41, 5.74) is -1.47. The molecule has 1 aliphatic heterocycles. The van der Waals surface area contributed by atoms with E-state index in [-0.39, 0.29) is 18.8 Å². The molecule has 6 atom stereocenters. The average molecular weight is 556 g/mol. The van der Waals surface area contributed by atoms with Crippen LogP contribution in [0.3, 0.4) is 0 Å². The van der Waals surface area contributed by atoms with Crippen LogP contribution in [0.25, 0.3) is 0 Å². The monoisotopic (exact) mass is 556 g/mol. The molecule has 1 saturated heterocycles. The van der Waals surface area contributed by atoms with Crippen molar-refractivity contribution >= 4 is 23.5 Å². The fourth-order valence-corrected chi connectivity index (χ4v) is 5.80. The number of rotatable bonds is 12. The molecule has 2 heterocycles. The minimum atomic E-state index is -5.74. The maximum atomic E-state index is 12.2.